The number of rotatable bonds is 6. The largest absolute Gasteiger partial charge is 0.510 e. The summed E-state index contributed by atoms with van der Waals surface area (Å²) in [5, 5.41) is 47.1. The number of allylic oxidation sites excluding steroid dienone is 2. The smallest absolute Gasteiger partial charge is 0.252 e. The Labute approximate surface area is 215 Å². The summed E-state index contributed by atoms with van der Waals surface area (Å²) in [5.41, 5.74) is 4.67. The SMILES string of the molecule is C/C=C1/C(C(N)=O)=C(O)[C@@H](N(C)C)[C@@H]2C[C@@H]3Cc4c(CN(C)OCC)ccc(O)c4C(=O)C3=C(O)[C@]12O. The van der Waals surface area contributed by atoms with Crippen LogP contribution in [0, 0.1) is 11.8 Å². The number of carbonyl (C=O) groups is 2. The summed E-state index contributed by atoms with van der Waals surface area (Å²) in [4.78, 5) is 33.4. The van der Waals surface area contributed by atoms with E-state index in [1.54, 1.807) is 44.1 Å². The van der Waals surface area contributed by atoms with Crippen molar-refractivity contribution in [3.05, 3.63) is 63.1 Å². The molecule has 1 aromatic carbocycles. The van der Waals surface area contributed by atoms with Crippen molar-refractivity contribution in [2.24, 2.45) is 17.6 Å². The van der Waals surface area contributed by atoms with Crippen LogP contribution in [-0.2, 0) is 22.6 Å². The molecule has 6 N–H and O–H groups in total. The summed E-state index contributed by atoms with van der Waals surface area (Å²) in [6, 6.07) is 2.35. The molecule has 37 heavy (non-hydrogen) atoms. The predicted octanol–water partition coefficient (Wildman–Crippen LogP) is 1.88. The van der Waals surface area contributed by atoms with Crippen molar-refractivity contribution < 1.29 is 34.9 Å². The topological polar surface area (TPSA) is 157 Å². The van der Waals surface area contributed by atoms with Crippen LogP contribution >= 0.6 is 0 Å². The number of likely N-dealkylation sites (N-methyl/N-ethyl adjacent to an activating group) is 1. The van der Waals surface area contributed by atoms with Crippen molar-refractivity contribution in [3.63, 3.8) is 0 Å². The van der Waals surface area contributed by atoms with Gasteiger partial charge in [-0.1, -0.05) is 12.1 Å². The lowest BCUT2D eigenvalue weighted by molar-refractivity contribution is -0.141. The Morgan fingerprint density at radius 2 is 1.92 bits per heavy atom. The fourth-order valence-corrected chi connectivity index (χ4v) is 6.43. The van der Waals surface area contributed by atoms with Crippen LogP contribution in [0.15, 0.2) is 46.4 Å². The molecule has 200 valence electrons. The maximum absolute atomic E-state index is 13.8. The third-order valence-electron chi connectivity index (χ3n) is 7.84. The zero-order chi connectivity index (χ0) is 27.4. The number of phenols is 1. The molecule has 0 heterocycles. The van der Waals surface area contributed by atoms with Crippen LogP contribution in [0.2, 0.25) is 0 Å². The Balaban J connectivity index is 1.93. The van der Waals surface area contributed by atoms with Crippen LogP contribution in [0.4, 0.5) is 0 Å². The van der Waals surface area contributed by atoms with Gasteiger partial charge in [-0.05, 0) is 63.9 Å². The first-order valence-electron chi connectivity index (χ1n) is 12.3. The van der Waals surface area contributed by atoms with Crippen molar-refractivity contribution in [2.45, 2.75) is 44.9 Å². The van der Waals surface area contributed by atoms with Crippen LogP contribution in [0.25, 0.3) is 0 Å². The minimum absolute atomic E-state index is 0.000992. The van der Waals surface area contributed by atoms with Gasteiger partial charge < -0.3 is 26.2 Å². The molecule has 4 rings (SSSR count). The molecule has 0 unspecified atom stereocenters. The number of hydrogen-bond donors (Lipinski definition) is 5. The van der Waals surface area contributed by atoms with E-state index in [1.165, 1.54) is 12.1 Å². The second kappa shape index (κ2) is 9.60. The molecule has 0 aliphatic heterocycles. The number of ketones is 1. The van der Waals surface area contributed by atoms with Gasteiger partial charge in [-0.25, -0.2) is 0 Å². The predicted molar refractivity (Wildman–Crippen MR) is 136 cm³/mol. The average molecular weight is 514 g/mol. The number of benzene rings is 1. The summed E-state index contributed by atoms with van der Waals surface area (Å²) >= 11 is 0. The lowest BCUT2D eigenvalue weighted by Gasteiger charge is -2.52. The number of hydrogen-bond acceptors (Lipinski definition) is 9. The molecule has 1 aromatic rings. The van der Waals surface area contributed by atoms with Gasteiger partial charge >= 0.3 is 0 Å². The van der Waals surface area contributed by atoms with Gasteiger partial charge in [0, 0.05) is 30.7 Å². The van der Waals surface area contributed by atoms with Crippen molar-refractivity contribution in [1.29, 1.82) is 0 Å². The molecule has 0 radical (unpaired) electrons. The van der Waals surface area contributed by atoms with E-state index in [0.717, 1.165) is 5.56 Å². The minimum Gasteiger partial charge on any atom is -0.510 e. The molecule has 0 spiro atoms. The zero-order valence-corrected chi connectivity index (χ0v) is 21.8. The van der Waals surface area contributed by atoms with Crippen LogP contribution in [0.5, 0.6) is 5.75 Å². The Hall–Kier alpha value is -3.18. The highest BCUT2D eigenvalue weighted by Gasteiger charge is 2.60. The third kappa shape index (κ3) is 3.95. The highest BCUT2D eigenvalue weighted by molar-refractivity contribution is 6.14. The highest BCUT2D eigenvalue weighted by atomic mass is 16.7. The number of fused-ring (bicyclic) bond motifs is 3. The molecule has 3 aliphatic rings. The number of nitrogens with zero attached hydrogens (tertiary/aromatic N) is 2. The molecular weight excluding hydrogens is 478 g/mol. The molecule has 4 atom stereocenters. The lowest BCUT2D eigenvalue weighted by Crippen LogP contribution is -2.60. The third-order valence-corrected chi connectivity index (χ3v) is 7.84. The molecule has 0 saturated heterocycles. The number of nitrogens with two attached hydrogens (primary N) is 1. The average Bonchev–Trinajstić information content (AvgIpc) is 2.81. The minimum atomic E-state index is -2.14. The first kappa shape index (κ1) is 26.9. The molecule has 3 aliphatic carbocycles. The second-order valence-electron chi connectivity index (χ2n) is 10.1. The van der Waals surface area contributed by atoms with E-state index in [-0.39, 0.29) is 40.2 Å². The number of aliphatic hydroxyl groups excluding tert-OH is 2. The first-order valence-corrected chi connectivity index (χ1v) is 12.3. The molecule has 0 bridgehead atoms. The summed E-state index contributed by atoms with van der Waals surface area (Å²) in [6.45, 7) is 4.28. The van der Waals surface area contributed by atoms with Gasteiger partial charge in [0.2, 0.25) is 0 Å². The fraction of sp³-hybridized carbons (Fsp3) is 0.481. The van der Waals surface area contributed by atoms with Crippen LogP contribution in [0.1, 0.15) is 41.8 Å². The van der Waals surface area contributed by atoms with Gasteiger partial charge in [0.05, 0.1) is 23.8 Å². The summed E-state index contributed by atoms with van der Waals surface area (Å²) < 4.78 is 0. The number of aromatic hydroxyl groups is 1. The zero-order valence-electron chi connectivity index (χ0n) is 21.8. The molecule has 0 saturated carbocycles. The van der Waals surface area contributed by atoms with Crippen molar-refractivity contribution >= 4 is 11.7 Å². The highest BCUT2D eigenvalue weighted by Crippen LogP contribution is 2.55. The van der Waals surface area contributed by atoms with E-state index in [0.29, 0.717) is 25.1 Å². The van der Waals surface area contributed by atoms with E-state index in [1.807, 2.05) is 6.92 Å². The van der Waals surface area contributed by atoms with Gasteiger partial charge in [-0.15, -0.1) is 0 Å². The monoisotopic (exact) mass is 513 g/mol. The first-order chi connectivity index (χ1) is 17.4. The summed E-state index contributed by atoms with van der Waals surface area (Å²) in [5.74, 6) is -3.89. The Bertz CT molecular complexity index is 1250. The van der Waals surface area contributed by atoms with Gasteiger partial charge in [0.25, 0.3) is 5.91 Å². The van der Waals surface area contributed by atoms with Crippen molar-refractivity contribution in [2.75, 3.05) is 27.7 Å². The normalized spacial score (nSPS) is 28.6. The maximum Gasteiger partial charge on any atom is 0.252 e. The van der Waals surface area contributed by atoms with Gasteiger partial charge in [0.15, 0.2) is 11.4 Å². The van der Waals surface area contributed by atoms with Crippen molar-refractivity contribution in [1.82, 2.24) is 9.96 Å². The summed E-state index contributed by atoms with van der Waals surface area (Å²) in [7, 11) is 5.16. The number of aliphatic hydroxyl groups is 3. The van der Waals surface area contributed by atoms with E-state index < -0.39 is 40.9 Å². The number of amides is 1. The fourth-order valence-electron chi connectivity index (χ4n) is 6.43. The molecule has 1 amide bonds. The number of phenolic OH excluding ortho intramolecular Hbond substituents is 1. The van der Waals surface area contributed by atoms with Crippen LogP contribution in [-0.4, -0.2) is 81.5 Å². The number of carbonyl (C=O) groups excluding carboxylic acids is 2. The van der Waals surface area contributed by atoms with Crippen LogP contribution < -0.4 is 5.73 Å². The van der Waals surface area contributed by atoms with Gasteiger partial charge in [-0.2, -0.15) is 5.06 Å². The maximum atomic E-state index is 13.8. The lowest BCUT2D eigenvalue weighted by atomic mass is 9.57. The standard InChI is InChI=1S/C27H35N3O7/c1-6-16-21(26(28)35)24(33)22(29(3)4)17-11-14-10-15-13(12-30(5)37-7-2)8-9-18(31)20(15)23(32)19(14)25(34)27(16,17)36/h6,8-9,14,17,22,31,33-34,36H,7,10-12H2,1-5H3,(H2,28,35)/b16-6-/t14-,17-,22-,27-/m0/s1. The number of Topliss-reactive ketones (excluding diaryl/α,β-unsaturated/α-hetero) is 1. The van der Waals surface area contributed by atoms with E-state index in [4.69, 9.17) is 10.6 Å². The second-order valence-corrected chi connectivity index (χ2v) is 10.1. The quantitative estimate of drug-likeness (QED) is 0.358. The molecule has 0 fully saturated rings. The number of hydroxylamine groups is 2. The van der Waals surface area contributed by atoms with Gasteiger partial charge in [0.1, 0.15) is 17.3 Å². The van der Waals surface area contributed by atoms with E-state index in [9.17, 15) is 30.0 Å². The van der Waals surface area contributed by atoms with E-state index >= 15 is 0 Å². The molecule has 10 nitrogen and oxygen atoms in total. The van der Waals surface area contributed by atoms with Crippen molar-refractivity contribution in [3.8, 4) is 5.75 Å². The van der Waals surface area contributed by atoms with Gasteiger partial charge in [-0.3, -0.25) is 19.3 Å². The molecule has 0 aromatic heterocycles. The van der Waals surface area contributed by atoms with Crippen LogP contribution in [0.3, 0.4) is 0 Å². The number of primary amides is 1. The molecular formula is C27H35N3O7. The Kier molecular flexibility index (Phi) is 6.98. The Morgan fingerprint density at radius 3 is 2.49 bits per heavy atom. The van der Waals surface area contributed by atoms with E-state index in [2.05, 4.69) is 0 Å². The Morgan fingerprint density at radius 1 is 1.24 bits per heavy atom. The molecule has 10 heteroatoms. The summed E-state index contributed by atoms with van der Waals surface area (Å²) in [6.07, 6.45) is 1.98.